The van der Waals surface area contributed by atoms with Crippen LogP contribution in [0.2, 0.25) is 0 Å². The quantitative estimate of drug-likeness (QED) is 0.871. The van der Waals surface area contributed by atoms with Gasteiger partial charge in [-0.15, -0.1) is 0 Å². The average molecular weight is 233 g/mol. The smallest absolute Gasteiger partial charge is 0.365 e. The molecule has 1 heterocycles. The summed E-state index contributed by atoms with van der Waals surface area (Å²) in [5, 5.41) is 2.93. The monoisotopic (exact) mass is 233 g/mol. The van der Waals surface area contributed by atoms with E-state index in [0.29, 0.717) is 0 Å². The van der Waals surface area contributed by atoms with Crippen LogP contribution < -0.4 is 5.32 Å². The van der Waals surface area contributed by atoms with Crippen molar-refractivity contribution in [1.29, 1.82) is 0 Å². The molecule has 3 nitrogen and oxygen atoms in total. The number of alkyl halides is 3. The fourth-order valence-electron chi connectivity index (χ4n) is 1.02. The number of anilines is 1. The molecule has 0 aromatic carbocycles. The summed E-state index contributed by atoms with van der Waals surface area (Å²) in [6, 6.07) is 0.914. The molecule has 0 fully saturated rings. The Balaban J connectivity index is 2.92. The maximum atomic E-state index is 12.4. The first-order valence-corrected chi connectivity index (χ1v) is 4.92. The number of rotatable bonds is 3. The predicted octanol–water partition coefficient (Wildman–Crippen LogP) is 3.10. The summed E-state index contributed by atoms with van der Waals surface area (Å²) in [5.41, 5.74) is -1.23. The fraction of sp³-hybridized carbons (Fsp3) is 0.600. The minimum absolute atomic E-state index is 0.189. The van der Waals surface area contributed by atoms with Gasteiger partial charge in [-0.05, 0) is 20.3 Å². The Hall–Kier alpha value is -1.33. The van der Waals surface area contributed by atoms with Crippen molar-refractivity contribution in [3.05, 3.63) is 18.1 Å². The Kier molecular flexibility index (Phi) is 3.40. The second-order valence-corrected chi connectivity index (χ2v) is 4.15. The maximum absolute atomic E-state index is 12.4. The predicted molar refractivity (Wildman–Crippen MR) is 55.0 cm³/mol. The highest BCUT2D eigenvalue weighted by atomic mass is 19.4. The van der Waals surface area contributed by atoms with Gasteiger partial charge in [0.15, 0.2) is 0 Å². The molecule has 1 N–H and O–H groups in total. The van der Waals surface area contributed by atoms with Gasteiger partial charge in [0.25, 0.3) is 0 Å². The molecule has 0 spiro atoms. The molecule has 90 valence electrons. The van der Waals surface area contributed by atoms with Crippen LogP contribution in [0.4, 0.5) is 19.0 Å². The van der Waals surface area contributed by atoms with Crippen LogP contribution in [0.15, 0.2) is 12.4 Å². The minimum atomic E-state index is -4.43. The van der Waals surface area contributed by atoms with Crippen molar-refractivity contribution in [3.63, 3.8) is 0 Å². The lowest BCUT2D eigenvalue weighted by Crippen LogP contribution is -2.30. The zero-order valence-electron chi connectivity index (χ0n) is 9.39. The van der Waals surface area contributed by atoms with Gasteiger partial charge in [-0.1, -0.05) is 6.92 Å². The van der Waals surface area contributed by atoms with Crippen LogP contribution in [0.3, 0.4) is 0 Å². The second kappa shape index (κ2) is 4.27. The van der Waals surface area contributed by atoms with E-state index < -0.39 is 11.9 Å². The van der Waals surface area contributed by atoms with Gasteiger partial charge >= 0.3 is 6.18 Å². The molecule has 0 aliphatic carbocycles. The highest BCUT2D eigenvalue weighted by Gasteiger charge is 2.33. The molecule has 0 aliphatic rings. The van der Waals surface area contributed by atoms with Crippen LogP contribution in [-0.4, -0.2) is 15.5 Å². The van der Waals surface area contributed by atoms with Gasteiger partial charge in [0.05, 0.1) is 0 Å². The van der Waals surface area contributed by atoms with E-state index in [9.17, 15) is 13.2 Å². The summed E-state index contributed by atoms with van der Waals surface area (Å²) in [6.45, 7) is 5.73. The standard InChI is InChI=1S/C10H14F3N3/c1-4-9(2,3)16-8-5-7(10(11,12)13)14-6-15-8/h5-6H,4H2,1-3H3,(H,14,15,16). The number of aromatic nitrogens is 2. The largest absolute Gasteiger partial charge is 0.433 e. The van der Waals surface area contributed by atoms with Crippen LogP contribution in [0.25, 0.3) is 0 Å². The van der Waals surface area contributed by atoms with Gasteiger partial charge in [-0.3, -0.25) is 0 Å². The van der Waals surface area contributed by atoms with Crippen molar-refractivity contribution in [2.75, 3.05) is 5.32 Å². The number of hydrogen-bond acceptors (Lipinski definition) is 3. The molecule has 6 heteroatoms. The molecule has 0 radical (unpaired) electrons. The van der Waals surface area contributed by atoms with Gasteiger partial charge in [0, 0.05) is 11.6 Å². The molecule has 0 saturated heterocycles. The third-order valence-corrected chi connectivity index (χ3v) is 2.31. The van der Waals surface area contributed by atoms with Gasteiger partial charge in [0.1, 0.15) is 17.8 Å². The van der Waals surface area contributed by atoms with Gasteiger partial charge in [-0.2, -0.15) is 13.2 Å². The van der Waals surface area contributed by atoms with Crippen molar-refractivity contribution in [3.8, 4) is 0 Å². The Morgan fingerprint density at radius 3 is 2.38 bits per heavy atom. The van der Waals surface area contributed by atoms with Crippen LogP contribution in [-0.2, 0) is 6.18 Å². The first kappa shape index (κ1) is 12.7. The highest BCUT2D eigenvalue weighted by molar-refractivity contribution is 5.38. The average Bonchev–Trinajstić information content (AvgIpc) is 2.16. The van der Waals surface area contributed by atoms with E-state index in [-0.39, 0.29) is 11.4 Å². The van der Waals surface area contributed by atoms with Gasteiger partial charge in [0.2, 0.25) is 0 Å². The van der Waals surface area contributed by atoms with Crippen molar-refractivity contribution >= 4 is 5.82 Å². The Morgan fingerprint density at radius 1 is 1.25 bits per heavy atom. The molecule has 16 heavy (non-hydrogen) atoms. The van der Waals surface area contributed by atoms with Crippen molar-refractivity contribution < 1.29 is 13.2 Å². The van der Waals surface area contributed by atoms with E-state index in [2.05, 4.69) is 15.3 Å². The molecular formula is C10H14F3N3. The third kappa shape index (κ3) is 3.36. The molecule has 1 aromatic heterocycles. The molecule has 0 unspecified atom stereocenters. The second-order valence-electron chi connectivity index (χ2n) is 4.15. The Morgan fingerprint density at radius 2 is 1.88 bits per heavy atom. The molecule has 0 atom stereocenters. The number of nitrogens with one attached hydrogen (secondary N) is 1. The number of nitrogens with zero attached hydrogens (tertiary/aromatic N) is 2. The highest BCUT2D eigenvalue weighted by Crippen LogP contribution is 2.28. The van der Waals surface area contributed by atoms with Crippen LogP contribution in [0.1, 0.15) is 32.9 Å². The molecule has 1 rings (SSSR count). The van der Waals surface area contributed by atoms with Crippen molar-refractivity contribution in [1.82, 2.24) is 9.97 Å². The molecule has 0 aliphatic heterocycles. The minimum Gasteiger partial charge on any atom is -0.365 e. The topological polar surface area (TPSA) is 37.8 Å². The van der Waals surface area contributed by atoms with Gasteiger partial charge in [-0.25, -0.2) is 9.97 Å². The first-order valence-electron chi connectivity index (χ1n) is 4.92. The zero-order chi connectivity index (χ0) is 12.4. The van der Waals surface area contributed by atoms with E-state index in [0.717, 1.165) is 18.8 Å². The summed E-state index contributed by atoms with van der Waals surface area (Å²) < 4.78 is 37.1. The van der Waals surface area contributed by atoms with E-state index >= 15 is 0 Å². The third-order valence-electron chi connectivity index (χ3n) is 2.31. The van der Waals surface area contributed by atoms with E-state index in [4.69, 9.17) is 0 Å². The summed E-state index contributed by atoms with van der Waals surface area (Å²) >= 11 is 0. The zero-order valence-corrected chi connectivity index (χ0v) is 9.39. The lowest BCUT2D eigenvalue weighted by molar-refractivity contribution is -0.141. The Labute approximate surface area is 92.1 Å². The van der Waals surface area contributed by atoms with Gasteiger partial charge < -0.3 is 5.32 Å². The molecule has 0 bridgehead atoms. The summed E-state index contributed by atoms with van der Waals surface area (Å²) in [6.07, 6.45) is -2.75. The van der Waals surface area contributed by atoms with Crippen molar-refractivity contribution in [2.24, 2.45) is 0 Å². The van der Waals surface area contributed by atoms with Crippen LogP contribution in [0, 0.1) is 0 Å². The van der Waals surface area contributed by atoms with E-state index in [1.807, 2.05) is 20.8 Å². The summed E-state index contributed by atoms with van der Waals surface area (Å²) in [5.74, 6) is 0.189. The number of halogens is 3. The lowest BCUT2D eigenvalue weighted by Gasteiger charge is -2.25. The van der Waals surface area contributed by atoms with Crippen LogP contribution >= 0.6 is 0 Å². The summed E-state index contributed by atoms with van der Waals surface area (Å²) in [4.78, 5) is 6.95. The lowest BCUT2D eigenvalue weighted by atomic mass is 10.0. The molecule has 0 amide bonds. The number of hydrogen-bond donors (Lipinski definition) is 1. The molecule has 1 aromatic rings. The van der Waals surface area contributed by atoms with Crippen LogP contribution in [0.5, 0.6) is 0 Å². The Bertz CT molecular complexity index is 361. The SMILES string of the molecule is CCC(C)(C)Nc1cc(C(F)(F)F)ncn1. The van der Waals surface area contributed by atoms with E-state index in [1.54, 1.807) is 0 Å². The molecular weight excluding hydrogens is 219 g/mol. The first-order chi connectivity index (χ1) is 7.24. The normalized spacial score (nSPS) is 12.6. The fourth-order valence-corrected chi connectivity index (χ4v) is 1.02. The molecule has 0 saturated carbocycles. The van der Waals surface area contributed by atoms with E-state index in [1.165, 1.54) is 0 Å². The van der Waals surface area contributed by atoms with Crippen molar-refractivity contribution in [2.45, 2.75) is 38.9 Å². The maximum Gasteiger partial charge on any atom is 0.433 e. The summed E-state index contributed by atoms with van der Waals surface area (Å²) in [7, 11) is 0.